The van der Waals surface area contributed by atoms with Gasteiger partial charge in [-0.1, -0.05) is 17.7 Å². The Morgan fingerprint density at radius 1 is 1.39 bits per heavy atom. The predicted octanol–water partition coefficient (Wildman–Crippen LogP) is 2.32. The average Bonchev–Trinajstić information content (AvgIpc) is 2.34. The SMILES string of the molecule is Cc1ccc(SCC(=O)N(C)CCC(C)O)cc1. The average molecular weight is 267 g/mol. The fourth-order valence-electron chi connectivity index (χ4n) is 1.39. The van der Waals surface area contributed by atoms with Gasteiger partial charge in [0.1, 0.15) is 0 Å². The maximum atomic E-state index is 11.8. The zero-order valence-electron chi connectivity index (χ0n) is 11.2. The van der Waals surface area contributed by atoms with E-state index in [9.17, 15) is 9.90 Å². The van der Waals surface area contributed by atoms with Gasteiger partial charge in [0.15, 0.2) is 0 Å². The van der Waals surface area contributed by atoms with Crippen LogP contribution in [0.1, 0.15) is 18.9 Å². The van der Waals surface area contributed by atoms with Gasteiger partial charge in [0.2, 0.25) is 5.91 Å². The highest BCUT2D eigenvalue weighted by Crippen LogP contribution is 2.18. The first-order valence-corrected chi connectivity index (χ1v) is 7.09. The van der Waals surface area contributed by atoms with Crippen molar-refractivity contribution in [2.75, 3.05) is 19.3 Å². The molecule has 1 rings (SSSR count). The third kappa shape index (κ3) is 5.56. The number of hydrogen-bond acceptors (Lipinski definition) is 3. The molecule has 0 bridgehead atoms. The zero-order valence-corrected chi connectivity index (χ0v) is 12.0. The fourth-order valence-corrected chi connectivity index (χ4v) is 2.23. The Morgan fingerprint density at radius 2 is 2.00 bits per heavy atom. The number of aliphatic hydroxyl groups is 1. The summed E-state index contributed by atoms with van der Waals surface area (Å²) >= 11 is 1.55. The Balaban J connectivity index is 2.34. The lowest BCUT2D eigenvalue weighted by Crippen LogP contribution is -2.30. The van der Waals surface area contributed by atoms with Crippen molar-refractivity contribution in [3.8, 4) is 0 Å². The molecule has 1 aromatic rings. The molecule has 100 valence electrons. The van der Waals surface area contributed by atoms with E-state index in [1.54, 1.807) is 30.6 Å². The zero-order chi connectivity index (χ0) is 13.5. The van der Waals surface area contributed by atoms with Crippen molar-refractivity contribution < 1.29 is 9.90 Å². The Hall–Kier alpha value is -1.00. The number of hydrogen-bond donors (Lipinski definition) is 1. The summed E-state index contributed by atoms with van der Waals surface area (Å²) in [5.41, 5.74) is 1.22. The minimum absolute atomic E-state index is 0.0984. The quantitative estimate of drug-likeness (QED) is 0.804. The van der Waals surface area contributed by atoms with Gasteiger partial charge in [0, 0.05) is 18.5 Å². The van der Waals surface area contributed by atoms with E-state index in [0.717, 1.165) is 4.90 Å². The summed E-state index contributed by atoms with van der Waals surface area (Å²) in [6, 6.07) is 8.15. The smallest absolute Gasteiger partial charge is 0.232 e. The molecular formula is C14H21NO2S. The topological polar surface area (TPSA) is 40.5 Å². The minimum atomic E-state index is -0.356. The van der Waals surface area contributed by atoms with Crippen molar-refractivity contribution in [3.63, 3.8) is 0 Å². The van der Waals surface area contributed by atoms with E-state index < -0.39 is 0 Å². The number of thioether (sulfide) groups is 1. The third-order valence-electron chi connectivity index (χ3n) is 2.69. The van der Waals surface area contributed by atoms with Gasteiger partial charge in [-0.2, -0.15) is 0 Å². The highest BCUT2D eigenvalue weighted by Gasteiger charge is 2.09. The second kappa shape index (κ2) is 7.44. The van der Waals surface area contributed by atoms with E-state index in [1.165, 1.54) is 5.56 Å². The van der Waals surface area contributed by atoms with Gasteiger partial charge in [0.25, 0.3) is 0 Å². The third-order valence-corrected chi connectivity index (χ3v) is 3.69. The molecule has 0 aromatic heterocycles. The van der Waals surface area contributed by atoms with E-state index in [2.05, 4.69) is 0 Å². The van der Waals surface area contributed by atoms with Crippen LogP contribution in [0.3, 0.4) is 0 Å². The van der Waals surface area contributed by atoms with Crippen LogP contribution in [0.2, 0.25) is 0 Å². The largest absolute Gasteiger partial charge is 0.393 e. The van der Waals surface area contributed by atoms with Crippen molar-refractivity contribution in [1.29, 1.82) is 0 Å². The standard InChI is InChI=1S/C14H21NO2S/c1-11-4-6-13(7-5-11)18-10-14(17)15(3)9-8-12(2)16/h4-7,12,16H,8-10H2,1-3H3. The number of carbonyl (C=O) groups is 1. The number of benzene rings is 1. The van der Waals surface area contributed by atoms with Crippen LogP contribution >= 0.6 is 11.8 Å². The van der Waals surface area contributed by atoms with Crippen LogP contribution in [0.4, 0.5) is 0 Å². The van der Waals surface area contributed by atoms with Crippen LogP contribution in [0.15, 0.2) is 29.2 Å². The second-order valence-corrected chi connectivity index (χ2v) is 5.60. The fraction of sp³-hybridized carbons (Fsp3) is 0.500. The van der Waals surface area contributed by atoms with Crippen LogP contribution in [-0.2, 0) is 4.79 Å². The Morgan fingerprint density at radius 3 is 2.56 bits per heavy atom. The van der Waals surface area contributed by atoms with E-state index in [1.807, 2.05) is 31.2 Å². The van der Waals surface area contributed by atoms with Crippen LogP contribution in [-0.4, -0.2) is 41.4 Å². The first-order chi connectivity index (χ1) is 8.49. The first-order valence-electron chi connectivity index (χ1n) is 6.10. The van der Waals surface area contributed by atoms with Gasteiger partial charge < -0.3 is 10.0 Å². The maximum Gasteiger partial charge on any atom is 0.232 e. The predicted molar refractivity (Wildman–Crippen MR) is 75.8 cm³/mol. The van der Waals surface area contributed by atoms with Crippen molar-refractivity contribution in [1.82, 2.24) is 4.90 Å². The van der Waals surface area contributed by atoms with E-state index in [-0.39, 0.29) is 12.0 Å². The van der Waals surface area contributed by atoms with Gasteiger partial charge in [-0.3, -0.25) is 4.79 Å². The Kier molecular flexibility index (Phi) is 6.22. The van der Waals surface area contributed by atoms with Crippen molar-refractivity contribution in [2.45, 2.75) is 31.3 Å². The monoisotopic (exact) mass is 267 g/mol. The molecule has 0 saturated carbocycles. The van der Waals surface area contributed by atoms with Gasteiger partial charge >= 0.3 is 0 Å². The van der Waals surface area contributed by atoms with E-state index in [4.69, 9.17) is 0 Å². The molecule has 1 atom stereocenters. The summed E-state index contributed by atoms with van der Waals surface area (Å²) in [5, 5.41) is 9.17. The number of carbonyl (C=O) groups excluding carboxylic acids is 1. The molecular weight excluding hydrogens is 246 g/mol. The summed E-state index contributed by atoms with van der Waals surface area (Å²) in [4.78, 5) is 14.6. The first kappa shape index (κ1) is 15.1. The van der Waals surface area contributed by atoms with Crippen molar-refractivity contribution in [2.24, 2.45) is 0 Å². The lowest BCUT2D eigenvalue weighted by atomic mass is 10.2. The molecule has 0 saturated heterocycles. The molecule has 1 unspecified atom stereocenters. The van der Waals surface area contributed by atoms with Gasteiger partial charge in [-0.05, 0) is 32.4 Å². The summed E-state index contributed by atoms with van der Waals surface area (Å²) in [7, 11) is 1.78. The molecule has 0 aliphatic heterocycles. The minimum Gasteiger partial charge on any atom is -0.393 e. The van der Waals surface area contributed by atoms with Crippen molar-refractivity contribution >= 4 is 17.7 Å². The van der Waals surface area contributed by atoms with E-state index in [0.29, 0.717) is 18.7 Å². The second-order valence-electron chi connectivity index (χ2n) is 4.55. The molecule has 4 heteroatoms. The molecule has 0 aliphatic rings. The number of aliphatic hydroxyl groups excluding tert-OH is 1. The van der Waals surface area contributed by atoms with Gasteiger partial charge in [0.05, 0.1) is 11.9 Å². The lowest BCUT2D eigenvalue weighted by Gasteiger charge is -2.17. The highest BCUT2D eigenvalue weighted by molar-refractivity contribution is 8.00. The van der Waals surface area contributed by atoms with Crippen LogP contribution in [0.25, 0.3) is 0 Å². The summed E-state index contributed by atoms with van der Waals surface area (Å²) in [6.07, 6.45) is 0.266. The van der Waals surface area contributed by atoms with E-state index >= 15 is 0 Å². The molecule has 1 amide bonds. The van der Waals surface area contributed by atoms with Crippen LogP contribution < -0.4 is 0 Å². The normalized spacial score (nSPS) is 12.2. The molecule has 0 spiro atoms. The van der Waals surface area contributed by atoms with Gasteiger partial charge in [-0.25, -0.2) is 0 Å². The molecule has 0 radical (unpaired) electrons. The number of aryl methyl sites for hydroxylation is 1. The van der Waals surface area contributed by atoms with Gasteiger partial charge in [-0.15, -0.1) is 11.8 Å². The number of nitrogens with zero attached hydrogens (tertiary/aromatic N) is 1. The van der Waals surface area contributed by atoms with Crippen LogP contribution in [0, 0.1) is 6.92 Å². The molecule has 0 fully saturated rings. The van der Waals surface area contributed by atoms with Crippen LogP contribution in [0.5, 0.6) is 0 Å². The Labute approximate surface area is 113 Å². The maximum absolute atomic E-state index is 11.8. The lowest BCUT2D eigenvalue weighted by molar-refractivity contribution is -0.127. The van der Waals surface area contributed by atoms with Crippen molar-refractivity contribution in [3.05, 3.63) is 29.8 Å². The summed E-state index contributed by atoms with van der Waals surface area (Å²) in [5.74, 6) is 0.542. The summed E-state index contributed by atoms with van der Waals surface area (Å²) < 4.78 is 0. The number of rotatable bonds is 6. The summed E-state index contributed by atoms with van der Waals surface area (Å²) in [6.45, 7) is 4.38. The number of amides is 1. The molecule has 1 N–H and O–H groups in total. The molecule has 1 aromatic carbocycles. The molecule has 18 heavy (non-hydrogen) atoms. The molecule has 3 nitrogen and oxygen atoms in total. The Bertz CT molecular complexity index is 376. The molecule has 0 heterocycles. The highest BCUT2D eigenvalue weighted by atomic mass is 32.2. The molecule has 0 aliphatic carbocycles.